The average molecular weight is 403 g/mol. The van der Waals surface area contributed by atoms with Gasteiger partial charge in [-0.2, -0.15) is 5.10 Å². The fraction of sp³-hybridized carbons (Fsp3) is 0.0370. The normalized spacial score (nSPS) is 11.4. The van der Waals surface area contributed by atoms with Crippen molar-refractivity contribution >= 4 is 5.82 Å². The zero-order valence-electron chi connectivity index (χ0n) is 17.0. The second-order valence-electron chi connectivity index (χ2n) is 7.42. The quantitative estimate of drug-likeness (QED) is 0.402. The first-order valence-electron chi connectivity index (χ1n) is 10.2. The van der Waals surface area contributed by atoms with Gasteiger partial charge < -0.3 is 5.73 Å². The number of aromatic nitrogens is 3. The maximum Gasteiger partial charge on any atom is 0.138 e. The summed E-state index contributed by atoms with van der Waals surface area (Å²) in [4.78, 5) is 4.24. The first-order chi connectivity index (χ1) is 15.3. The Labute approximate surface area is 181 Å². The van der Waals surface area contributed by atoms with E-state index in [0.717, 1.165) is 27.8 Å². The van der Waals surface area contributed by atoms with Gasteiger partial charge in [0.2, 0.25) is 0 Å². The number of nitrogens with two attached hydrogens (primary N) is 1. The van der Waals surface area contributed by atoms with Crippen molar-refractivity contribution in [2.75, 3.05) is 5.73 Å². The van der Waals surface area contributed by atoms with Gasteiger partial charge in [0, 0.05) is 23.5 Å². The highest BCUT2D eigenvalue weighted by atomic mass is 15.3. The van der Waals surface area contributed by atoms with E-state index in [9.17, 15) is 0 Å². The average Bonchev–Trinajstić information content (AvgIpc) is 3.32. The van der Waals surface area contributed by atoms with Crippen molar-refractivity contribution in [3.05, 3.63) is 138 Å². The van der Waals surface area contributed by atoms with E-state index in [1.807, 2.05) is 41.2 Å². The van der Waals surface area contributed by atoms with Crippen molar-refractivity contribution < 1.29 is 0 Å². The second-order valence-corrected chi connectivity index (χ2v) is 7.42. The Balaban J connectivity index is 1.83. The van der Waals surface area contributed by atoms with E-state index < -0.39 is 5.54 Å². The molecule has 0 amide bonds. The molecule has 0 aliphatic rings. The molecule has 2 N–H and O–H groups in total. The Morgan fingerprint density at radius 1 is 0.645 bits per heavy atom. The summed E-state index contributed by atoms with van der Waals surface area (Å²) in [6, 6.07) is 35.3. The molecule has 3 aromatic carbocycles. The molecule has 5 aromatic rings. The van der Waals surface area contributed by atoms with E-state index in [4.69, 9.17) is 10.8 Å². The van der Waals surface area contributed by atoms with E-state index in [2.05, 4.69) is 84.0 Å². The molecule has 31 heavy (non-hydrogen) atoms. The minimum Gasteiger partial charge on any atom is -0.383 e. The Hall–Kier alpha value is -4.18. The Morgan fingerprint density at radius 3 is 1.65 bits per heavy atom. The molecular formula is C27H22N4. The number of benzene rings is 3. The van der Waals surface area contributed by atoms with Crippen LogP contribution in [-0.4, -0.2) is 14.8 Å². The van der Waals surface area contributed by atoms with Crippen LogP contribution in [0.5, 0.6) is 0 Å². The van der Waals surface area contributed by atoms with Gasteiger partial charge in [0.15, 0.2) is 0 Å². The van der Waals surface area contributed by atoms with Crippen LogP contribution in [0.1, 0.15) is 16.7 Å². The van der Waals surface area contributed by atoms with Crippen LogP contribution in [0.3, 0.4) is 0 Å². The lowest BCUT2D eigenvalue weighted by Gasteiger charge is -2.36. The van der Waals surface area contributed by atoms with Crippen LogP contribution < -0.4 is 5.73 Å². The predicted octanol–water partition coefficient (Wildman–Crippen LogP) is 5.37. The van der Waals surface area contributed by atoms with Gasteiger partial charge in [0.25, 0.3) is 0 Å². The minimum absolute atomic E-state index is 0.492. The highest BCUT2D eigenvalue weighted by molar-refractivity contribution is 5.72. The molecule has 0 saturated heterocycles. The molecular weight excluding hydrogens is 380 g/mol. The van der Waals surface area contributed by atoms with Crippen molar-refractivity contribution in [1.29, 1.82) is 0 Å². The summed E-state index contributed by atoms with van der Waals surface area (Å²) in [6.07, 6.45) is 5.61. The molecule has 0 radical (unpaired) electrons. The number of rotatable bonds is 5. The molecule has 0 unspecified atom stereocenters. The van der Waals surface area contributed by atoms with Crippen molar-refractivity contribution in [2.24, 2.45) is 0 Å². The summed E-state index contributed by atoms with van der Waals surface area (Å²) in [5, 5.41) is 4.87. The van der Waals surface area contributed by atoms with Gasteiger partial charge >= 0.3 is 0 Å². The van der Waals surface area contributed by atoms with Gasteiger partial charge in [0.1, 0.15) is 11.4 Å². The van der Waals surface area contributed by atoms with E-state index in [0.29, 0.717) is 5.82 Å². The fourth-order valence-electron chi connectivity index (χ4n) is 4.24. The maximum absolute atomic E-state index is 6.16. The van der Waals surface area contributed by atoms with Crippen molar-refractivity contribution in [2.45, 2.75) is 5.54 Å². The van der Waals surface area contributed by atoms with Crippen LogP contribution in [0.15, 0.2) is 122 Å². The predicted molar refractivity (Wildman–Crippen MR) is 124 cm³/mol. The lowest BCUT2D eigenvalue weighted by molar-refractivity contribution is 0.460. The summed E-state index contributed by atoms with van der Waals surface area (Å²) in [6.45, 7) is 0. The third kappa shape index (κ3) is 3.19. The number of nitrogens with zero attached hydrogens (tertiary/aromatic N) is 3. The second kappa shape index (κ2) is 7.92. The van der Waals surface area contributed by atoms with Crippen LogP contribution in [0.4, 0.5) is 5.82 Å². The molecule has 0 bridgehead atoms. The summed E-state index contributed by atoms with van der Waals surface area (Å²) in [7, 11) is 0. The summed E-state index contributed by atoms with van der Waals surface area (Å²) >= 11 is 0. The van der Waals surface area contributed by atoms with Crippen LogP contribution in [0.25, 0.3) is 11.1 Å². The molecule has 150 valence electrons. The van der Waals surface area contributed by atoms with E-state index in [-0.39, 0.29) is 0 Å². The lowest BCUT2D eigenvalue weighted by Crippen LogP contribution is -2.38. The van der Waals surface area contributed by atoms with Crippen LogP contribution >= 0.6 is 0 Å². The third-order valence-corrected chi connectivity index (χ3v) is 5.65. The fourth-order valence-corrected chi connectivity index (χ4v) is 4.24. The van der Waals surface area contributed by atoms with Crippen LogP contribution in [-0.2, 0) is 5.54 Å². The standard InChI is InChI=1S/C27H22N4/c28-26-25(17-10-18-29-26)21-19-30-31(20-21)27(22-11-4-1-5-12-22,23-13-6-2-7-14-23)24-15-8-3-9-16-24/h1-20H,(H2,28,29). The first kappa shape index (κ1) is 18.8. The smallest absolute Gasteiger partial charge is 0.138 e. The van der Waals surface area contributed by atoms with Gasteiger partial charge in [-0.3, -0.25) is 4.68 Å². The van der Waals surface area contributed by atoms with E-state index in [1.165, 1.54) is 0 Å². The highest BCUT2D eigenvalue weighted by Crippen LogP contribution is 2.41. The first-order valence-corrected chi connectivity index (χ1v) is 10.2. The summed E-state index contributed by atoms with van der Waals surface area (Å²) in [5.74, 6) is 0.492. The maximum atomic E-state index is 6.16. The zero-order chi connectivity index (χ0) is 21.1. The monoisotopic (exact) mass is 402 g/mol. The van der Waals surface area contributed by atoms with Crippen LogP contribution in [0, 0.1) is 0 Å². The molecule has 0 aliphatic heterocycles. The van der Waals surface area contributed by atoms with Gasteiger partial charge in [-0.25, -0.2) is 4.98 Å². The number of pyridine rings is 1. The van der Waals surface area contributed by atoms with Gasteiger partial charge in [0.05, 0.1) is 6.20 Å². The topological polar surface area (TPSA) is 56.7 Å². The number of hydrogen-bond acceptors (Lipinski definition) is 3. The Morgan fingerprint density at radius 2 is 1.16 bits per heavy atom. The molecule has 2 aromatic heterocycles. The highest BCUT2D eigenvalue weighted by Gasteiger charge is 2.39. The lowest BCUT2D eigenvalue weighted by atomic mass is 9.77. The number of nitrogen functional groups attached to an aromatic ring is 1. The molecule has 4 nitrogen and oxygen atoms in total. The zero-order valence-corrected chi connectivity index (χ0v) is 17.0. The van der Waals surface area contributed by atoms with Gasteiger partial charge in [-0.15, -0.1) is 0 Å². The Bertz CT molecular complexity index is 1180. The van der Waals surface area contributed by atoms with Crippen molar-refractivity contribution in [3.63, 3.8) is 0 Å². The number of anilines is 1. The summed E-state index contributed by atoms with van der Waals surface area (Å²) in [5.41, 5.74) is 10.7. The van der Waals surface area contributed by atoms with E-state index in [1.54, 1.807) is 6.20 Å². The van der Waals surface area contributed by atoms with Gasteiger partial charge in [-0.05, 0) is 28.8 Å². The molecule has 0 saturated carbocycles. The largest absolute Gasteiger partial charge is 0.383 e. The summed E-state index contributed by atoms with van der Waals surface area (Å²) < 4.78 is 2.04. The van der Waals surface area contributed by atoms with Crippen LogP contribution in [0.2, 0.25) is 0 Å². The Kier molecular flexibility index (Phi) is 4.81. The van der Waals surface area contributed by atoms with Gasteiger partial charge in [-0.1, -0.05) is 91.0 Å². The molecule has 2 heterocycles. The molecule has 0 fully saturated rings. The molecule has 5 rings (SSSR count). The molecule has 4 heteroatoms. The third-order valence-electron chi connectivity index (χ3n) is 5.65. The van der Waals surface area contributed by atoms with E-state index >= 15 is 0 Å². The SMILES string of the molecule is Nc1ncccc1-c1cnn(C(c2ccccc2)(c2ccccc2)c2ccccc2)c1. The molecule has 0 spiro atoms. The van der Waals surface area contributed by atoms with Crippen molar-refractivity contribution in [1.82, 2.24) is 14.8 Å². The number of hydrogen-bond donors (Lipinski definition) is 1. The molecule has 0 atom stereocenters. The minimum atomic E-state index is -0.640. The molecule has 0 aliphatic carbocycles. The van der Waals surface area contributed by atoms with Crippen molar-refractivity contribution in [3.8, 4) is 11.1 Å².